The molecule has 1 aromatic heterocycles. The van der Waals surface area contributed by atoms with E-state index >= 15 is 0 Å². The lowest BCUT2D eigenvalue weighted by Crippen LogP contribution is -2.41. The molecule has 1 fully saturated rings. The van der Waals surface area contributed by atoms with Crippen molar-refractivity contribution in [2.45, 2.75) is 25.8 Å². The molecule has 5 heteroatoms. The van der Waals surface area contributed by atoms with Gasteiger partial charge in [0, 0.05) is 39.6 Å². The summed E-state index contributed by atoms with van der Waals surface area (Å²) >= 11 is 0. The van der Waals surface area contributed by atoms with Gasteiger partial charge in [-0.05, 0) is 30.9 Å². The molecule has 1 aliphatic carbocycles. The molecule has 1 saturated carbocycles. The average Bonchev–Trinajstić information content (AvgIpc) is 2.68. The Balaban J connectivity index is 0.00000180. The zero-order chi connectivity index (χ0) is 13.0. The predicted molar refractivity (Wildman–Crippen MR) is 91.0 cm³/mol. The van der Waals surface area contributed by atoms with Crippen LogP contribution in [0.4, 0.5) is 0 Å². The van der Waals surface area contributed by atoms with E-state index in [2.05, 4.69) is 52.2 Å². The van der Waals surface area contributed by atoms with E-state index in [0.717, 1.165) is 25.0 Å². The number of aryl methyl sites for hydroxylation is 1. The van der Waals surface area contributed by atoms with Crippen molar-refractivity contribution in [2.24, 2.45) is 18.0 Å². The summed E-state index contributed by atoms with van der Waals surface area (Å²) in [7, 11) is 6.02. The largest absolute Gasteiger partial charge is 0.356 e. The fourth-order valence-corrected chi connectivity index (χ4v) is 2.30. The molecule has 108 valence electrons. The Morgan fingerprint density at radius 3 is 2.74 bits per heavy atom. The summed E-state index contributed by atoms with van der Waals surface area (Å²) in [5.74, 6) is 1.84. The summed E-state index contributed by atoms with van der Waals surface area (Å²) in [6.45, 7) is 1.94. The highest BCUT2D eigenvalue weighted by Crippen LogP contribution is 2.25. The van der Waals surface area contributed by atoms with Gasteiger partial charge in [0.1, 0.15) is 0 Å². The van der Waals surface area contributed by atoms with Crippen molar-refractivity contribution < 1.29 is 0 Å². The fraction of sp³-hybridized carbons (Fsp3) is 0.643. The van der Waals surface area contributed by atoms with Crippen molar-refractivity contribution in [1.29, 1.82) is 0 Å². The maximum absolute atomic E-state index is 4.35. The van der Waals surface area contributed by atoms with Crippen molar-refractivity contribution in [1.82, 2.24) is 14.8 Å². The third kappa shape index (κ3) is 4.40. The van der Waals surface area contributed by atoms with Crippen molar-refractivity contribution in [3.05, 3.63) is 24.0 Å². The predicted octanol–water partition coefficient (Wildman–Crippen LogP) is 2.45. The second-order valence-electron chi connectivity index (χ2n) is 5.19. The zero-order valence-corrected chi connectivity index (χ0v) is 14.4. The van der Waals surface area contributed by atoms with Gasteiger partial charge in [-0.15, -0.1) is 24.0 Å². The fourth-order valence-electron chi connectivity index (χ4n) is 2.30. The third-order valence-electron chi connectivity index (χ3n) is 3.80. The first kappa shape index (κ1) is 16.3. The quantitative estimate of drug-likeness (QED) is 0.498. The smallest absolute Gasteiger partial charge is 0.193 e. The summed E-state index contributed by atoms with van der Waals surface area (Å²) in [5.41, 5.74) is 1.30. The minimum absolute atomic E-state index is 0. The first-order chi connectivity index (χ1) is 8.70. The van der Waals surface area contributed by atoms with Crippen molar-refractivity contribution in [2.75, 3.05) is 20.6 Å². The molecule has 0 unspecified atom stereocenters. The molecule has 0 bridgehead atoms. The van der Waals surface area contributed by atoms with E-state index in [1.807, 2.05) is 7.05 Å². The molecular weight excluding hydrogens is 351 g/mol. The molecule has 0 atom stereocenters. The van der Waals surface area contributed by atoms with E-state index in [-0.39, 0.29) is 24.0 Å². The molecule has 1 aromatic rings. The van der Waals surface area contributed by atoms with Gasteiger partial charge in [-0.1, -0.05) is 6.42 Å². The molecule has 0 spiro atoms. The Hall–Kier alpha value is -0.720. The van der Waals surface area contributed by atoms with E-state index in [1.54, 1.807) is 0 Å². The van der Waals surface area contributed by atoms with Gasteiger partial charge in [-0.2, -0.15) is 0 Å². The number of nitrogens with zero attached hydrogens (tertiary/aromatic N) is 3. The standard InChI is InChI=1S/C14H24N4.HI/c1-15-14(16-10-12-6-4-7-12)18(3)11-13-8-5-9-17(13)2;/h5,8-9,12H,4,6-7,10-11H2,1-3H3,(H,15,16);1H. The van der Waals surface area contributed by atoms with Gasteiger partial charge in [0.2, 0.25) is 0 Å². The van der Waals surface area contributed by atoms with E-state index in [4.69, 9.17) is 0 Å². The van der Waals surface area contributed by atoms with E-state index < -0.39 is 0 Å². The minimum Gasteiger partial charge on any atom is -0.356 e. The Labute approximate surface area is 133 Å². The Bertz CT molecular complexity index is 409. The van der Waals surface area contributed by atoms with Crippen LogP contribution in [0.25, 0.3) is 0 Å². The monoisotopic (exact) mass is 376 g/mol. The molecule has 1 heterocycles. The van der Waals surface area contributed by atoms with Crippen LogP contribution in [-0.4, -0.2) is 36.1 Å². The molecule has 2 rings (SSSR count). The summed E-state index contributed by atoms with van der Waals surface area (Å²) in [6.07, 6.45) is 6.20. The van der Waals surface area contributed by atoms with Crippen LogP contribution in [0.2, 0.25) is 0 Å². The number of hydrogen-bond donors (Lipinski definition) is 1. The van der Waals surface area contributed by atoms with E-state index in [1.165, 1.54) is 25.0 Å². The average molecular weight is 376 g/mol. The van der Waals surface area contributed by atoms with Crippen LogP contribution in [-0.2, 0) is 13.6 Å². The number of aliphatic imine (C=N–C) groups is 1. The maximum atomic E-state index is 4.35. The molecule has 0 saturated heterocycles. The summed E-state index contributed by atoms with van der Waals surface area (Å²) in [6, 6.07) is 4.23. The first-order valence-corrected chi connectivity index (χ1v) is 6.72. The van der Waals surface area contributed by atoms with E-state index in [9.17, 15) is 0 Å². The molecule has 1 N–H and O–H groups in total. The normalized spacial score (nSPS) is 15.6. The number of guanidine groups is 1. The van der Waals surface area contributed by atoms with Crippen LogP contribution in [0, 0.1) is 5.92 Å². The molecule has 4 nitrogen and oxygen atoms in total. The highest BCUT2D eigenvalue weighted by Gasteiger charge is 2.18. The highest BCUT2D eigenvalue weighted by atomic mass is 127. The SMILES string of the molecule is CN=C(NCC1CCC1)N(C)Cc1cccn1C.I. The van der Waals surface area contributed by atoms with Crippen molar-refractivity contribution >= 4 is 29.9 Å². The van der Waals surface area contributed by atoms with Gasteiger partial charge in [-0.25, -0.2) is 0 Å². The number of hydrogen-bond acceptors (Lipinski definition) is 1. The summed E-state index contributed by atoms with van der Waals surface area (Å²) in [5, 5.41) is 3.47. The molecular formula is C14H25IN4. The van der Waals surface area contributed by atoms with Gasteiger partial charge in [0.25, 0.3) is 0 Å². The molecule has 0 amide bonds. The Morgan fingerprint density at radius 2 is 2.26 bits per heavy atom. The van der Waals surface area contributed by atoms with Gasteiger partial charge in [0.15, 0.2) is 5.96 Å². The number of halogens is 1. The highest BCUT2D eigenvalue weighted by molar-refractivity contribution is 14.0. The second kappa shape index (κ2) is 7.77. The van der Waals surface area contributed by atoms with Crippen LogP contribution in [0.1, 0.15) is 25.0 Å². The third-order valence-corrected chi connectivity index (χ3v) is 3.80. The lowest BCUT2D eigenvalue weighted by molar-refractivity contribution is 0.310. The van der Waals surface area contributed by atoms with Crippen molar-refractivity contribution in [3.63, 3.8) is 0 Å². The second-order valence-corrected chi connectivity index (χ2v) is 5.19. The lowest BCUT2D eigenvalue weighted by atomic mass is 9.85. The van der Waals surface area contributed by atoms with E-state index in [0.29, 0.717) is 0 Å². The molecule has 0 aromatic carbocycles. The number of rotatable bonds is 4. The number of nitrogens with one attached hydrogen (secondary N) is 1. The van der Waals surface area contributed by atoms with Gasteiger partial charge in [-0.3, -0.25) is 4.99 Å². The molecule has 0 radical (unpaired) electrons. The Morgan fingerprint density at radius 1 is 1.53 bits per heavy atom. The topological polar surface area (TPSA) is 32.6 Å². The van der Waals surface area contributed by atoms with Gasteiger partial charge >= 0.3 is 0 Å². The molecule has 19 heavy (non-hydrogen) atoms. The van der Waals surface area contributed by atoms with Gasteiger partial charge in [0.05, 0.1) is 6.54 Å². The summed E-state index contributed by atoms with van der Waals surface area (Å²) in [4.78, 5) is 6.53. The number of aromatic nitrogens is 1. The van der Waals surface area contributed by atoms with Crippen LogP contribution in [0.5, 0.6) is 0 Å². The molecule has 1 aliphatic rings. The van der Waals surface area contributed by atoms with Crippen LogP contribution >= 0.6 is 24.0 Å². The van der Waals surface area contributed by atoms with Gasteiger partial charge < -0.3 is 14.8 Å². The summed E-state index contributed by atoms with van der Waals surface area (Å²) < 4.78 is 2.15. The first-order valence-electron chi connectivity index (χ1n) is 6.72. The van der Waals surface area contributed by atoms with Crippen LogP contribution in [0.3, 0.4) is 0 Å². The van der Waals surface area contributed by atoms with Crippen LogP contribution in [0.15, 0.2) is 23.3 Å². The maximum Gasteiger partial charge on any atom is 0.193 e. The lowest BCUT2D eigenvalue weighted by Gasteiger charge is -2.28. The Kier molecular flexibility index (Phi) is 6.68. The molecule has 0 aliphatic heterocycles. The zero-order valence-electron chi connectivity index (χ0n) is 12.1. The van der Waals surface area contributed by atoms with Crippen LogP contribution < -0.4 is 5.32 Å². The minimum atomic E-state index is 0. The van der Waals surface area contributed by atoms with Crippen molar-refractivity contribution in [3.8, 4) is 0 Å².